The van der Waals surface area contributed by atoms with E-state index >= 15 is 0 Å². The van der Waals surface area contributed by atoms with E-state index in [1.54, 1.807) is 0 Å². The van der Waals surface area contributed by atoms with Crippen molar-refractivity contribution in [3.63, 3.8) is 0 Å². The third-order valence-electron chi connectivity index (χ3n) is 0.880. The summed E-state index contributed by atoms with van der Waals surface area (Å²) in [5, 5.41) is 0. The summed E-state index contributed by atoms with van der Waals surface area (Å²) in [7, 11) is 0. The van der Waals surface area contributed by atoms with Gasteiger partial charge in [-0.25, -0.2) is 9.69 Å². The summed E-state index contributed by atoms with van der Waals surface area (Å²) in [5.41, 5.74) is 4.42. The maximum atomic E-state index is 11.7. The summed E-state index contributed by atoms with van der Waals surface area (Å²) in [6.07, 6.45) is -4.74. The van der Waals surface area contributed by atoms with Crippen molar-refractivity contribution in [1.82, 2.24) is 4.90 Å². The molecule has 7 heteroatoms. The minimum atomic E-state index is -4.74. The van der Waals surface area contributed by atoms with Crippen molar-refractivity contribution in [3.05, 3.63) is 0 Å². The smallest absolute Gasteiger partial charge is 0.351 e. The first-order valence-corrected chi connectivity index (χ1v) is 3.12. The van der Waals surface area contributed by atoms with Crippen LogP contribution in [0.1, 0.15) is 0 Å². The number of carbonyl (C=O) groups excluding carboxylic acids is 1. The van der Waals surface area contributed by atoms with Gasteiger partial charge in [-0.15, -0.1) is 24.8 Å². The highest BCUT2D eigenvalue weighted by molar-refractivity contribution is 6.18. The molecule has 2 N–H and O–H groups in total. The normalized spacial score (nSPS) is 11.3. The predicted octanol–water partition coefficient (Wildman–Crippen LogP) is 1.13. The lowest BCUT2D eigenvalue weighted by Gasteiger charge is -2.21. The lowest BCUT2D eigenvalue weighted by Crippen LogP contribution is -2.46. The Balaban J connectivity index is 4.22. The number of hydrogen-bond donors (Lipinski definition) is 1. The monoisotopic (exact) mass is 190 g/mol. The Hall–Kier alpha value is -0.650. The van der Waals surface area contributed by atoms with Crippen molar-refractivity contribution < 1.29 is 18.0 Å². The summed E-state index contributed by atoms with van der Waals surface area (Å²) < 4.78 is 35.2. The van der Waals surface area contributed by atoms with Crippen LogP contribution in [0.15, 0.2) is 0 Å². The highest BCUT2D eigenvalue weighted by Gasteiger charge is 2.39. The van der Waals surface area contributed by atoms with E-state index in [1.165, 1.54) is 0 Å². The molecule has 0 aliphatic carbocycles. The van der Waals surface area contributed by atoms with Crippen LogP contribution in [0.2, 0.25) is 0 Å². The number of urea groups is 1. The molecule has 11 heavy (non-hydrogen) atoms. The molecule has 0 spiro atoms. The van der Waals surface area contributed by atoms with Crippen LogP contribution in [0.25, 0.3) is 0 Å². The van der Waals surface area contributed by atoms with Crippen molar-refractivity contribution in [2.24, 2.45) is 5.73 Å². The predicted molar refractivity (Wildman–Crippen MR) is 33.1 cm³/mol. The van der Waals surface area contributed by atoms with Crippen molar-refractivity contribution in [3.8, 4) is 0 Å². The zero-order chi connectivity index (χ0) is 9.07. The number of halogens is 4. The number of rotatable bonds is 2. The topological polar surface area (TPSA) is 46.3 Å². The third-order valence-corrected chi connectivity index (χ3v) is 1.05. The summed E-state index contributed by atoms with van der Waals surface area (Å²) >= 11 is 5.00. The molecular weight excluding hydrogens is 185 g/mol. The van der Waals surface area contributed by atoms with E-state index in [2.05, 4.69) is 5.73 Å². The van der Waals surface area contributed by atoms with Gasteiger partial charge in [0.05, 0.1) is 0 Å². The molecule has 0 saturated heterocycles. The molecule has 0 unspecified atom stereocenters. The Morgan fingerprint density at radius 3 is 2.09 bits per heavy atom. The molecule has 0 aromatic carbocycles. The lowest BCUT2D eigenvalue weighted by molar-refractivity contribution is -0.221. The van der Waals surface area contributed by atoms with Gasteiger partial charge < -0.3 is 5.73 Å². The molecule has 0 heterocycles. The number of nitrogens with two attached hydrogens (primary N) is 1. The summed E-state index contributed by atoms with van der Waals surface area (Å²) in [5.74, 6) is -0.303. The Bertz CT molecular complexity index is 149. The third kappa shape index (κ3) is 3.31. The second-order valence-electron chi connectivity index (χ2n) is 1.65. The van der Waals surface area contributed by atoms with Gasteiger partial charge in [-0.3, -0.25) is 0 Å². The van der Waals surface area contributed by atoms with E-state index in [0.29, 0.717) is 0 Å². The van der Waals surface area contributed by atoms with E-state index in [1.807, 2.05) is 0 Å². The standard InChI is InChI=1S/C4H6ClF3N2O/c5-1-2-10(3(9)11)4(6,7)8/h1-2H2,(H2,9,11). The van der Waals surface area contributed by atoms with Crippen LogP contribution in [0.5, 0.6) is 0 Å². The maximum Gasteiger partial charge on any atom is 0.488 e. The molecule has 0 aliphatic heterocycles. The van der Waals surface area contributed by atoms with Gasteiger partial charge in [0.25, 0.3) is 0 Å². The van der Waals surface area contributed by atoms with Gasteiger partial charge in [0, 0.05) is 12.4 Å². The average molecular weight is 191 g/mol. The van der Waals surface area contributed by atoms with E-state index in [9.17, 15) is 18.0 Å². The Labute approximate surface area is 65.9 Å². The first kappa shape index (κ1) is 10.3. The van der Waals surface area contributed by atoms with Crippen LogP contribution in [-0.4, -0.2) is 29.7 Å². The van der Waals surface area contributed by atoms with Crippen molar-refractivity contribution in [1.29, 1.82) is 0 Å². The van der Waals surface area contributed by atoms with E-state index in [4.69, 9.17) is 11.6 Å². The van der Waals surface area contributed by atoms with E-state index in [-0.39, 0.29) is 5.88 Å². The van der Waals surface area contributed by atoms with Crippen LogP contribution in [0.3, 0.4) is 0 Å². The van der Waals surface area contributed by atoms with Crippen molar-refractivity contribution >= 4 is 17.6 Å². The SMILES string of the molecule is NC(=O)N(CCCl)C(F)(F)F. The first-order chi connectivity index (χ1) is 4.89. The lowest BCUT2D eigenvalue weighted by atomic mass is 10.6. The molecular formula is C4H6ClF3N2O. The second-order valence-corrected chi connectivity index (χ2v) is 2.02. The Morgan fingerprint density at radius 1 is 1.55 bits per heavy atom. The maximum absolute atomic E-state index is 11.7. The minimum Gasteiger partial charge on any atom is -0.351 e. The second kappa shape index (κ2) is 3.66. The molecule has 0 radical (unpaired) electrons. The van der Waals surface area contributed by atoms with Gasteiger partial charge >= 0.3 is 12.3 Å². The summed E-state index contributed by atoms with van der Waals surface area (Å²) in [6.45, 7) is -0.625. The van der Waals surface area contributed by atoms with Crippen LogP contribution in [-0.2, 0) is 0 Å². The zero-order valence-electron chi connectivity index (χ0n) is 5.36. The molecule has 2 amide bonds. The average Bonchev–Trinajstić information content (AvgIpc) is 1.79. The van der Waals surface area contributed by atoms with Gasteiger partial charge in [-0.05, 0) is 0 Å². The van der Waals surface area contributed by atoms with Gasteiger partial charge in [0.15, 0.2) is 0 Å². The molecule has 0 aromatic rings. The number of amides is 2. The van der Waals surface area contributed by atoms with Crippen LogP contribution < -0.4 is 5.73 Å². The highest BCUT2D eigenvalue weighted by atomic mass is 35.5. The quantitative estimate of drug-likeness (QED) is 0.515. The van der Waals surface area contributed by atoms with Crippen LogP contribution in [0, 0.1) is 0 Å². The van der Waals surface area contributed by atoms with E-state index in [0.717, 1.165) is 0 Å². The zero-order valence-corrected chi connectivity index (χ0v) is 6.11. The van der Waals surface area contributed by atoms with Gasteiger partial charge in [0.1, 0.15) is 0 Å². The van der Waals surface area contributed by atoms with E-state index < -0.39 is 23.8 Å². The summed E-state index contributed by atoms with van der Waals surface area (Å²) in [4.78, 5) is 9.65. The Kier molecular flexibility index (Phi) is 3.44. The van der Waals surface area contributed by atoms with Crippen LogP contribution >= 0.6 is 11.6 Å². The fourth-order valence-electron chi connectivity index (χ4n) is 0.446. The van der Waals surface area contributed by atoms with Gasteiger partial charge in [-0.1, -0.05) is 0 Å². The molecule has 0 fully saturated rings. The highest BCUT2D eigenvalue weighted by Crippen LogP contribution is 2.20. The first-order valence-electron chi connectivity index (χ1n) is 2.59. The Morgan fingerprint density at radius 2 is 2.00 bits per heavy atom. The fraction of sp³-hybridized carbons (Fsp3) is 0.750. The summed E-state index contributed by atoms with van der Waals surface area (Å²) in [6, 6.07) is -1.54. The van der Waals surface area contributed by atoms with Gasteiger partial charge in [-0.2, -0.15) is 0 Å². The van der Waals surface area contributed by atoms with Crippen molar-refractivity contribution in [2.75, 3.05) is 12.4 Å². The molecule has 0 aromatic heterocycles. The molecule has 0 atom stereocenters. The van der Waals surface area contributed by atoms with Crippen molar-refractivity contribution in [2.45, 2.75) is 6.30 Å². The fourth-order valence-corrected chi connectivity index (χ4v) is 0.615. The number of primary amides is 1. The number of alkyl halides is 4. The minimum absolute atomic E-state index is 0.303. The molecule has 0 saturated carbocycles. The molecule has 0 aliphatic rings. The largest absolute Gasteiger partial charge is 0.488 e. The molecule has 3 nitrogen and oxygen atoms in total. The molecule has 0 bridgehead atoms. The number of carbonyl (C=O) groups is 1. The number of hydrogen-bond acceptors (Lipinski definition) is 1. The van der Waals surface area contributed by atoms with Gasteiger partial charge in [0.2, 0.25) is 0 Å². The number of nitrogens with zero attached hydrogens (tertiary/aromatic N) is 1. The molecule has 0 rings (SSSR count). The van der Waals surface area contributed by atoms with Crippen LogP contribution in [0.4, 0.5) is 18.0 Å². The molecule has 66 valence electrons.